The Morgan fingerprint density at radius 3 is 2.78 bits per heavy atom. The summed E-state index contributed by atoms with van der Waals surface area (Å²) in [5, 5.41) is 1.23. The summed E-state index contributed by atoms with van der Waals surface area (Å²) in [4.78, 5) is 12.7. The summed E-state index contributed by atoms with van der Waals surface area (Å²) in [5.41, 5.74) is 6.29. The molecule has 3 nitrogen and oxygen atoms in total. The molecule has 0 amide bonds. The van der Waals surface area contributed by atoms with E-state index >= 15 is 0 Å². The Labute approximate surface area is 135 Å². The summed E-state index contributed by atoms with van der Waals surface area (Å²) in [6.07, 6.45) is 12.2. The third kappa shape index (κ3) is 1.76. The van der Waals surface area contributed by atoms with Crippen molar-refractivity contribution in [1.82, 2.24) is 9.97 Å². The molecule has 0 saturated heterocycles. The maximum absolute atomic E-state index is 5.10. The van der Waals surface area contributed by atoms with Crippen molar-refractivity contribution in [2.75, 3.05) is 0 Å². The molecule has 2 aliphatic rings. The van der Waals surface area contributed by atoms with Crippen molar-refractivity contribution in [3.8, 4) is 0 Å². The molecule has 0 unspecified atom stereocenters. The highest BCUT2D eigenvalue weighted by molar-refractivity contribution is 6.18. The van der Waals surface area contributed by atoms with Crippen LogP contribution in [0.1, 0.15) is 43.2 Å². The van der Waals surface area contributed by atoms with E-state index in [0.717, 1.165) is 11.2 Å². The predicted octanol–water partition coefficient (Wildman–Crippen LogP) is 4.90. The van der Waals surface area contributed by atoms with Gasteiger partial charge >= 0.3 is 0 Å². The van der Waals surface area contributed by atoms with Gasteiger partial charge < -0.3 is 4.98 Å². The monoisotopic (exact) mass is 301 g/mol. The lowest BCUT2D eigenvalue weighted by Gasteiger charge is -2.35. The van der Waals surface area contributed by atoms with Crippen molar-refractivity contribution in [3.63, 3.8) is 0 Å². The van der Waals surface area contributed by atoms with E-state index in [4.69, 9.17) is 4.99 Å². The SMILES string of the molecule is c1ccc2c(c1)N=C(c1c[nH]c3cnccc13)C21CCCCC1. The van der Waals surface area contributed by atoms with Gasteiger partial charge in [0.15, 0.2) is 0 Å². The number of aliphatic imine (C=N–C) groups is 1. The summed E-state index contributed by atoms with van der Waals surface area (Å²) < 4.78 is 0. The molecule has 23 heavy (non-hydrogen) atoms. The molecule has 2 aromatic heterocycles. The van der Waals surface area contributed by atoms with Crippen LogP contribution in [0.2, 0.25) is 0 Å². The number of rotatable bonds is 1. The van der Waals surface area contributed by atoms with Crippen molar-refractivity contribution in [1.29, 1.82) is 0 Å². The van der Waals surface area contributed by atoms with Crippen LogP contribution in [0.4, 0.5) is 5.69 Å². The van der Waals surface area contributed by atoms with E-state index in [9.17, 15) is 0 Å². The molecular formula is C20H19N3. The van der Waals surface area contributed by atoms with E-state index < -0.39 is 0 Å². The van der Waals surface area contributed by atoms with Crippen LogP contribution in [-0.2, 0) is 5.41 Å². The van der Waals surface area contributed by atoms with Gasteiger partial charge in [-0.1, -0.05) is 37.5 Å². The van der Waals surface area contributed by atoms with Crippen LogP contribution in [0.3, 0.4) is 0 Å². The molecule has 3 heterocycles. The fourth-order valence-electron chi connectivity index (χ4n) is 4.48. The van der Waals surface area contributed by atoms with Gasteiger partial charge in [-0.25, -0.2) is 0 Å². The van der Waals surface area contributed by atoms with E-state index in [1.807, 2.05) is 12.4 Å². The summed E-state index contributed by atoms with van der Waals surface area (Å²) >= 11 is 0. The van der Waals surface area contributed by atoms with Gasteiger partial charge in [0.05, 0.1) is 23.1 Å². The highest BCUT2D eigenvalue weighted by Crippen LogP contribution is 2.50. The third-order valence-corrected chi connectivity index (χ3v) is 5.55. The summed E-state index contributed by atoms with van der Waals surface area (Å²) in [5.74, 6) is 0. The minimum Gasteiger partial charge on any atom is -0.359 e. The van der Waals surface area contributed by atoms with Gasteiger partial charge in [-0.05, 0) is 30.5 Å². The topological polar surface area (TPSA) is 41.0 Å². The second-order valence-electron chi connectivity index (χ2n) is 6.74. The molecule has 114 valence electrons. The number of hydrogen-bond acceptors (Lipinski definition) is 2. The number of H-pyrrole nitrogens is 1. The average Bonchev–Trinajstić information content (AvgIpc) is 3.16. The first-order valence-corrected chi connectivity index (χ1v) is 8.49. The minimum atomic E-state index is 0.104. The number of aromatic nitrogens is 2. The quantitative estimate of drug-likeness (QED) is 0.682. The Bertz CT molecular complexity index is 913. The van der Waals surface area contributed by atoms with E-state index in [2.05, 4.69) is 46.5 Å². The van der Waals surface area contributed by atoms with Gasteiger partial charge in [0.25, 0.3) is 0 Å². The van der Waals surface area contributed by atoms with Crippen molar-refractivity contribution < 1.29 is 0 Å². The number of pyridine rings is 1. The van der Waals surface area contributed by atoms with Crippen LogP contribution in [0.25, 0.3) is 10.9 Å². The van der Waals surface area contributed by atoms with Crippen LogP contribution >= 0.6 is 0 Å². The normalized spacial score (nSPS) is 19.0. The molecule has 1 fully saturated rings. The van der Waals surface area contributed by atoms with E-state index in [0.29, 0.717) is 0 Å². The second-order valence-corrected chi connectivity index (χ2v) is 6.74. The van der Waals surface area contributed by atoms with E-state index in [1.165, 1.54) is 54.3 Å². The van der Waals surface area contributed by atoms with Crippen molar-refractivity contribution >= 4 is 22.3 Å². The molecule has 0 atom stereocenters. The molecule has 3 aromatic rings. The van der Waals surface area contributed by atoms with Gasteiger partial charge in [-0.3, -0.25) is 9.98 Å². The van der Waals surface area contributed by atoms with Crippen LogP contribution in [0.15, 0.2) is 53.9 Å². The fourth-order valence-corrected chi connectivity index (χ4v) is 4.48. The molecule has 1 spiro atoms. The Hall–Kier alpha value is -2.42. The minimum absolute atomic E-state index is 0.104. The van der Waals surface area contributed by atoms with Gasteiger partial charge in [-0.2, -0.15) is 0 Å². The zero-order valence-corrected chi connectivity index (χ0v) is 13.0. The Balaban J connectivity index is 1.76. The largest absolute Gasteiger partial charge is 0.359 e. The van der Waals surface area contributed by atoms with Crippen molar-refractivity contribution in [2.24, 2.45) is 4.99 Å². The van der Waals surface area contributed by atoms with Gasteiger partial charge in [0.2, 0.25) is 0 Å². The van der Waals surface area contributed by atoms with Crippen molar-refractivity contribution in [2.45, 2.75) is 37.5 Å². The number of benzene rings is 1. The fraction of sp³-hybridized carbons (Fsp3) is 0.300. The maximum Gasteiger partial charge on any atom is 0.0675 e. The first-order chi connectivity index (χ1) is 11.4. The lowest BCUT2D eigenvalue weighted by Crippen LogP contribution is -2.35. The van der Waals surface area contributed by atoms with Crippen molar-refractivity contribution in [3.05, 3.63) is 60.0 Å². The Morgan fingerprint density at radius 1 is 1.00 bits per heavy atom. The Morgan fingerprint density at radius 2 is 1.87 bits per heavy atom. The lowest BCUT2D eigenvalue weighted by atomic mass is 9.66. The predicted molar refractivity (Wildman–Crippen MR) is 93.5 cm³/mol. The number of hydrogen-bond donors (Lipinski definition) is 1. The molecule has 5 rings (SSSR count). The first kappa shape index (κ1) is 13.1. The number of nitrogens with one attached hydrogen (secondary N) is 1. The summed E-state index contributed by atoms with van der Waals surface area (Å²) in [7, 11) is 0. The Kier molecular flexibility index (Phi) is 2.72. The highest BCUT2D eigenvalue weighted by atomic mass is 14.8. The smallest absolute Gasteiger partial charge is 0.0675 e. The summed E-state index contributed by atoms with van der Waals surface area (Å²) in [6, 6.07) is 10.8. The van der Waals surface area contributed by atoms with Crippen LogP contribution in [0.5, 0.6) is 0 Å². The molecule has 1 aliphatic heterocycles. The molecule has 0 bridgehead atoms. The molecular weight excluding hydrogens is 282 g/mol. The molecule has 1 aromatic carbocycles. The standard InChI is InChI=1S/C20H19N3/c1-4-9-20(10-5-1)16-6-2-3-7-17(16)23-19(20)15-12-22-18-13-21-11-8-14(15)18/h2-3,6-8,11-13,22H,1,4-5,9-10H2. The lowest BCUT2D eigenvalue weighted by molar-refractivity contribution is 0.386. The number of nitrogens with zero attached hydrogens (tertiary/aromatic N) is 2. The van der Waals surface area contributed by atoms with E-state index in [-0.39, 0.29) is 5.41 Å². The maximum atomic E-state index is 5.10. The molecule has 0 radical (unpaired) electrons. The van der Waals surface area contributed by atoms with Gasteiger partial charge in [-0.15, -0.1) is 0 Å². The number of para-hydroxylation sites is 1. The molecule has 1 N–H and O–H groups in total. The van der Waals surface area contributed by atoms with Gasteiger partial charge in [0, 0.05) is 28.8 Å². The molecule has 3 heteroatoms. The second kappa shape index (κ2) is 4.79. The van der Waals surface area contributed by atoms with Gasteiger partial charge in [0.1, 0.15) is 0 Å². The number of fused-ring (bicyclic) bond motifs is 3. The summed E-state index contributed by atoms with van der Waals surface area (Å²) in [6.45, 7) is 0. The molecule has 1 saturated carbocycles. The third-order valence-electron chi connectivity index (χ3n) is 5.55. The van der Waals surface area contributed by atoms with Crippen LogP contribution < -0.4 is 0 Å². The average molecular weight is 301 g/mol. The first-order valence-electron chi connectivity index (χ1n) is 8.49. The van der Waals surface area contributed by atoms with Crippen LogP contribution in [0, 0.1) is 0 Å². The molecule has 1 aliphatic carbocycles. The van der Waals surface area contributed by atoms with E-state index in [1.54, 1.807) is 0 Å². The van der Waals surface area contributed by atoms with Crippen LogP contribution in [-0.4, -0.2) is 15.7 Å². The zero-order chi connectivity index (χ0) is 15.3. The zero-order valence-electron chi connectivity index (χ0n) is 13.0. The highest BCUT2D eigenvalue weighted by Gasteiger charge is 2.44. The number of aromatic amines is 1.